The van der Waals surface area contributed by atoms with Crippen LogP contribution in [0.5, 0.6) is 0 Å². The highest BCUT2D eigenvalue weighted by molar-refractivity contribution is 5.82. The van der Waals surface area contributed by atoms with Crippen molar-refractivity contribution in [2.24, 2.45) is 4.99 Å². The van der Waals surface area contributed by atoms with Crippen molar-refractivity contribution in [2.75, 3.05) is 0 Å². The third-order valence-electron chi connectivity index (χ3n) is 2.78. The highest BCUT2D eigenvalue weighted by atomic mass is 15.1. The summed E-state index contributed by atoms with van der Waals surface area (Å²) in [5, 5.41) is 9.30. The van der Waals surface area contributed by atoms with Crippen molar-refractivity contribution in [3.63, 3.8) is 0 Å². The van der Waals surface area contributed by atoms with E-state index in [2.05, 4.69) is 27.3 Å². The van der Waals surface area contributed by atoms with Gasteiger partial charge in [0.05, 0.1) is 17.8 Å². The Labute approximate surface area is 93.5 Å². The summed E-state index contributed by atoms with van der Waals surface area (Å²) < 4.78 is 0. The largest absolute Gasteiger partial charge is 0.285 e. The van der Waals surface area contributed by atoms with Crippen LogP contribution in [0, 0.1) is 0 Å². The highest BCUT2D eigenvalue weighted by Gasteiger charge is 2.13. The molecule has 0 N–H and O–H groups in total. The summed E-state index contributed by atoms with van der Waals surface area (Å²) in [6, 6.07) is 8.24. The number of fused-ring (bicyclic) bond motifs is 1. The van der Waals surface area contributed by atoms with Crippen LogP contribution in [0.3, 0.4) is 0 Å². The molecule has 0 saturated carbocycles. The van der Waals surface area contributed by atoms with Crippen LogP contribution >= 0.6 is 0 Å². The lowest BCUT2D eigenvalue weighted by Gasteiger charge is -2.14. The monoisotopic (exact) mass is 209 g/mol. The third kappa shape index (κ3) is 1.50. The van der Waals surface area contributed by atoms with Crippen molar-refractivity contribution in [3.05, 3.63) is 48.2 Å². The summed E-state index contributed by atoms with van der Waals surface area (Å²) in [5.41, 5.74) is 2.09. The van der Waals surface area contributed by atoms with Gasteiger partial charge in [-0.2, -0.15) is 10.2 Å². The maximum Gasteiger partial charge on any atom is 0.0933 e. The molecule has 0 amide bonds. The van der Waals surface area contributed by atoms with Gasteiger partial charge in [-0.05, 0) is 18.6 Å². The molecule has 16 heavy (non-hydrogen) atoms. The first-order chi connectivity index (χ1) is 7.95. The zero-order chi connectivity index (χ0) is 10.8. The fourth-order valence-corrected chi connectivity index (χ4v) is 1.98. The average Bonchev–Trinajstić information content (AvgIpc) is 2.39. The summed E-state index contributed by atoms with van der Waals surface area (Å²) in [6.45, 7) is 0. The number of nitrogens with zero attached hydrogens (tertiary/aromatic N) is 3. The smallest absolute Gasteiger partial charge is 0.0933 e. The molecule has 1 unspecified atom stereocenters. The van der Waals surface area contributed by atoms with Gasteiger partial charge in [0.1, 0.15) is 0 Å². The van der Waals surface area contributed by atoms with E-state index in [-0.39, 0.29) is 6.04 Å². The van der Waals surface area contributed by atoms with E-state index in [1.54, 1.807) is 0 Å². The van der Waals surface area contributed by atoms with Crippen LogP contribution in [0.1, 0.15) is 18.0 Å². The molecule has 1 aromatic heterocycles. The Morgan fingerprint density at radius 2 is 2.12 bits per heavy atom. The predicted octanol–water partition coefficient (Wildman–Crippen LogP) is 2.70. The number of benzene rings is 1. The minimum Gasteiger partial charge on any atom is -0.285 e. The number of allylic oxidation sites excluding steroid dienone is 1. The van der Waals surface area contributed by atoms with Crippen LogP contribution in [0.4, 0.5) is 0 Å². The fourth-order valence-electron chi connectivity index (χ4n) is 1.98. The molecule has 0 spiro atoms. The topological polar surface area (TPSA) is 38.1 Å². The van der Waals surface area contributed by atoms with Crippen molar-refractivity contribution in [1.29, 1.82) is 0 Å². The van der Waals surface area contributed by atoms with Crippen LogP contribution in [0.25, 0.3) is 10.9 Å². The molecule has 1 aliphatic rings. The molecule has 3 rings (SSSR count). The van der Waals surface area contributed by atoms with Gasteiger partial charge in [0.2, 0.25) is 0 Å². The fraction of sp³-hybridized carbons (Fsp3) is 0.154. The molecule has 3 nitrogen and oxygen atoms in total. The first-order valence-corrected chi connectivity index (χ1v) is 5.34. The quantitative estimate of drug-likeness (QED) is 0.724. The van der Waals surface area contributed by atoms with E-state index in [9.17, 15) is 0 Å². The molecule has 0 aliphatic carbocycles. The minimum absolute atomic E-state index is 0.186. The predicted molar refractivity (Wildman–Crippen MR) is 64.5 cm³/mol. The molecule has 2 heterocycles. The number of aliphatic imine (C=N–C) groups is 1. The first kappa shape index (κ1) is 9.21. The summed E-state index contributed by atoms with van der Waals surface area (Å²) in [5.74, 6) is 0. The average molecular weight is 209 g/mol. The van der Waals surface area contributed by atoms with Crippen molar-refractivity contribution in [1.82, 2.24) is 10.2 Å². The Morgan fingerprint density at radius 3 is 3.00 bits per heavy atom. The molecule has 2 aromatic rings. The molecule has 1 aromatic carbocycles. The van der Waals surface area contributed by atoms with E-state index in [4.69, 9.17) is 0 Å². The first-order valence-electron chi connectivity index (χ1n) is 5.34. The lowest BCUT2D eigenvalue weighted by atomic mass is 10.0. The van der Waals surface area contributed by atoms with E-state index in [1.807, 2.05) is 36.7 Å². The van der Waals surface area contributed by atoms with Crippen LogP contribution in [0.2, 0.25) is 0 Å². The van der Waals surface area contributed by atoms with Gasteiger partial charge in [-0.1, -0.05) is 24.3 Å². The van der Waals surface area contributed by atoms with Crippen LogP contribution in [-0.2, 0) is 0 Å². The van der Waals surface area contributed by atoms with Crippen molar-refractivity contribution >= 4 is 17.1 Å². The molecule has 1 aliphatic heterocycles. The van der Waals surface area contributed by atoms with E-state index in [1.165, 1.54) is 0 Å². The Morgan fingerprint density at radius 1 is 1.19 bits per heavy atom. The van der Waals surface area contributed by atoms with Gasteiger partial charge in [-0.15, -0.1) is 0 Å². The number of rotatable bonds is 1. The number of hydrogen-bond donors (Lipinski definition) is 0. The minimum atomic E-state index is 0.186. The standard InChI is InChI=1S/C13H11N3/c1-2-7-13-10(5-1)11(9-15-16-13)12-6-3-4-8-14-12/h1-5,7-9,12H,6H2. The highest BCUT2D eigenvalue weighted by Crippen LogP contribution is 2.28. The van der Waals surface area contributed by atoms with Crippen LogP contribution in [-0.4, -0.2) is 16.4 Å². The van der Waals surface area contributed by atoms with E-state index in [0.717, 1.165) is 22.9 Å². The molecule has 0 bridgehead atoms. The van der Waals surface area contributed by atoms with Gasteiger partial charge in [0.25, 0.3) is 0 Å². The summed E-state index contributed by atoms with van der Waals surface area (Å²) in [4.78, 5) is 4.47. The number of aromatic nitrogens is 2. The number of dihydropyridines is 1. The normalized spacial score (nSPS) is 19.1. The molecule has 0 saturated heterocycles. The second-order valence-electron chi connectivity index (χ2n) is 3.79. The Balaban J connectivity index is 2.16. The molecule has 0 fully saturated rings. The SMILES string of the molecule is C1=CCC(c2cnnc3ccccc23)N=C1. The zero-order valence-electron chi connectivity index (χ0n) is 8.74. The van der Waals surface area contributed by atoms with Crippen LogP contribution < -0.4 is 0 Å². The maximum absolute atomic E-state index is 4.47. The second kappa shape index (κ2) is 3.85. The summed E-state index contributed by atoms with van der Waals surface area (Å²) >= 11 is 0. The van der Waals surface area contributed by atoms with Gasteiger partial charge in [-0.25, -0.2) is 0 Å². The zero-order valence-corrected chi connectivity index (χ0v) is 8.74. The Kier molecular flexibility index (Phi) is 2.22. The van der Waals surface area contributed by atoms with Crippen molar-refractivity contribution < 1.29 is 0 Å². The van der Waals surface area contributed by atoms with E-state index >= 15 is 0 Å². The van der Waals surface area contributed by atoms with Crippen LogP contribution in [0.15, 0.2) is 47.6 Å². The Hall–Kier alpha value is -2.03. The summed E-state index contributed by atoms with van der Waals surface area (Å²) in [7, 11) is 0. The van der Waals surface area contributed by atoms with E-state index < -0.39 is 0 Å². The van der Waals surface area contributed by atoms with Gasteiger partial charge in [0.15, 0.2) is 0 Å². The van der Waals surface area contributed by atoms with Crippen molar-refractivity contribution in [3.8, 4) is 0 Å². The summed E-state index contributed by atoms with van der Waals surface area (Å²) in [6.07, 6.45) is 8.72. The molecule has 3 heteroatoms. The third-order valence-corrected chi connectivity index (χ3v) is 2.78. The van der Waals surface area contributed by atoms with Gasteiger partial charge in [-0.3, -0.25) is 4.99 Å². The second-order valence-corrected chi connectivity index (χ2v) is 3.79. The maximum atomic E-state index is 4.47. The molecular weight excluding hydrogens is 198 g/mol. The van der Waals surface area contributed by atoms with Gasteiger partial charge in [0, 0.05) is 17.2 Å². The van der Waals surface area contributed by atoms with Gasteiger partial charge >= 0.3 is 0 Å². The number of hydrogen-bond acceptors (Lipinski definition) is 3. The van der Waals surface area contributed by atoms with Crippen molar-refractivity contribution in [2.45, 2.75) is 12.5 Å². The molecule has 1 atom stereocenters. The van der Waals surface area contributed by atoms with Gasteiger partial charge < -0.3 is 0 Å². The Bertz CT molecular complexity index is 567. The molecule has 0 radical (unpaired) electrons. The lowest BCUT2D eigenvalue weighted by Crippen LogP contribution is -2.00. The lowest BCUT2D eigenvalue weighted by molar-refractivity contribution is 0.739. The molecule has 78 valence electrons. The molecular formula is C13H11N3. The van der Waals surface area contributed by atoms with E-state index in [0.29, 0.717) is 0 Å².